The molecule has 3 aromatic carbocycles. The molecule has 1 saturated heterocycles. The molecule has 0 aliphatic carbocycles. The first-order valence-electron chi connectivity index (χ1n) is 13.5. The van der Waals surface area contributed by atoms with Crippen LogP contribution >= 0.6 is 0 Å². The van der Waals surface area contributed by atoms with Crippen LogP contribution in [0, 0.1) is 5.41 Å². The first kappa shape index (κ1) is 28.7. The Balaban J connectivity index is 1.56. The van der Waals surface area contributed by atoms with Gasteiger partial charge in [0.15, 0.2) is 0 Å². The zero-order valence-electron chi connectivity index (χ0n) is 23.0. The van der Waals surface area contributed by atoms with Crippen molar-refractivity contribution in [3.63, 3.8) is 0 Å². The molecule has 4 rings (SSSR count). The molecule has 2 N–H and O–H groups in total. The Kier molecular flexibility index (Phi) is 9.24. The van der Waals surface area contributed by atoms with E-state index < -0.39 is 25.9 Å². The summed E-state index contributed by atoms with van der Waals surface area (Å²) in [6.07, 6.45) is -1.13. The molecule has 38 heavy (non-hydrogen) atoms. The molecular formula is C32H42O5Si. The lowest BCUT2D eigenvalue weighted by Gasteiger charge is -2.48. The predicted molar refractivity (Wildman–Crippen MR) is 154 cm³/mol. The lowest BCUT2D eigenvalue weighted by atomic mass is 9.75. The summed E-state index contributed by atoms with van der Waals surface area (Å²) >= 11 is 0. The fourth-order valence-electron chi connectivity index (χ4n) is 5.56. The third kappa shape index (κ3) is 5.96. The quantitative estimate of drug-likeness (QED) is 0.380. The van der Waals surface area contributed by atoms with Crippen molar-refractivity contribution in [1.29, 1.82) is 0 Å². The molecule has 0 spiro atoms. The molecule has 0 aromatic heterocycles. The Morgan fingerprint density at radius 1 is 0.868 bits per heavy atom. The molecule has 1 aliphatic rings. The molecule has 4 atom stereocenters. The Hall–Kier alpha value is -2.32. The van der Waals surface area contributed by atoms with Gasteiger partial charge in [0.2, 0.25) is 0 Å². The van der Waals surface area contributed by atoms with Crippen molar-refractivity contribution in [2.24, 2.45) is 5.41 Å². The number of hydrogen-bond acceptors (Lipinski definition) is 5. The summed E-state index contributed by atoms with van der Waals surface area (Å²) < 4.78 is 19.6. The van der Waals surface area contributed by atoms with E-state index in [9.17, 15) is 10.2 Å². The van der Waals surface area contributed by atoms with Crippen LogP contribution in [-0.2, 0) is 20.5 Å². The van der Waals surface area contributed by atoms with Gasteiger partial charge in [-0.15, -0.1) is 0 Å². The number of hydrogen-bond donors (Lipinski definition) is 2. The van der Waals surface area contributed by atoms with Gasteiger partial charge in [-0.25, -0.2) is 0 Å². The molecule has 3 aromatic rings. The third-order valence-corrected chi connectivity index (χ3v) is 13.0. The van der Waals surface area contributed by atoms with Gasteiger partial charge in [-0.05, 0) is 21.0 Å². The normalized spacial score (nSPS) is 24.3. The molecule has 0 saturated carbocycles. The van der Waals surface area contributed by atoms with Crippen molar-refractivity contribution in [2.75, 3.05) is 19.8 Å². The molecule has 5 nitrogen and oxygen atoms in total. The van der Waals surface area contributed by atoms with E-state index in [0.29, 0.717) is 19.6 Å². The van der Waals surface area contributed by atoms with Gasteiger partial charge in [0.25, 0.3) is 8.32 Å². The van der Waals surface area contributed by atoms with Gasteiger partial charge >= 0.3 is 0 Å². The first-order valence-corrected chi connectivity index (χ1v) is 15.4. The highest BCUT2D eigenvalue weighted by molar-refractivity contribution is 6.99. The number of rotatable bonds is 10. The van der Waals surface area contributed by atoms with Crippen molar-refractivity contribution in [3.05, 3.63) is 96.6 Å². The van der Waals surface area contributed by atoms with Crippen molar-refractivity contribution < 1.29 is 24.1 Å². The zero-order chi connectivity index (χ0) is 27.2. The molecule has 0 amide bonds. The average molecular weight is 535 g/mol. The minimum absolute atomic E-state index is 0.152. The molecule has 0 bridgehead atoms. The van der Waals surface area contributed by atoms with Crippen LogP contribution in [0.3, 0.4) is 0 Å². The van der Waals surface area contributed by atoms with Gasteiger partial charge in [0.05, 0.1) is 44.7 Å². The van der Waals surface area contributed by atoms with Crippen LogP contribution in [-0.4, -0.2) is 56.7 Å². The average Bonchev–Trinajstić information content (AvgIpc) is 2.92. The maximum absolute atomic E-state index is 11.2. The van der Waals surface area contributed by atoms with E-state index in [2.05, 4.69) is 69.3 Å². The van der Waals surface area contributed by atoms with E-state index in [0.717, 1.165) is 5.56 Å². The first-order chi connectivity index (χ1) is 18.2. The SMILES string of the molecule is CC(C)(C)[Si](OC[C@H]1C[C@@H](O)[C@@](C)(CO)[C@@H](COCc2ccccc2)O1)(c1ccccc1)c1ccccc1. The zero-order valence-corrected chi connectivity index (χ0v) is 24.0. The van der Waals surface area contributed by atoms with Crippen molar-refractivity contribution in [3.8, 4) is 0 Å². The number of benzene rings is 3. The molecule has 0 radical (unpaired) electrons. The lowest BCUT2D eigenvalue weighted by molar-refractivity contribution is -0.215. The van der Waals surface area contributed by atoms with E-state index in [-0.39, 0.29) is 24.4 Å². The van der Waals surface area contributed by atoms with E-state index in [4.69, 9.17) is 13.9 Å². The second kappa shape index (κ2) is 12.2. The van der Waals surface area contributed by atoms with E-state index >= 15 is 0 Å². The summed E-state index contributed by atoms with van der Waals surface area (Å²) in [5, 5.41) is 23.7. The monoisotopic (exact) mass is 534 g/mol. The minimum Gasteiger partial charge on any atom is -0.405 e. The minimum atomic E-state index is -2.73. The van der Waals surface area contributed by atoms with E-state index in [1.165, 1.54) is 10.4 Å². The number of aliphatic hydroxyl groups excluding tert-OH is 2. The van der Waals surface area contributed by atoms with Crippen LogP contribution in [0.4, 0.5) is 0 Å². The summed E-state index contributed by atoms with van der Waals surface area (Å²) in [5.41, 5.74) is 0.256. The Bertz CT molecular complexity index is 1080. The second-order valence-electron chi connectivity index (χ2n) is 11.6. The van der Waals surface area contributed by atoms with Crippen LogP contribution in [0.1, 0.15) is 39.7 Å². The van der Waals surface area contributed by atoms with Crippen molar-refractivity contribution >= 4 is 18.7 Å². The largest absolute Gasteiger partial charge is 0.405 e. The smallest absolute Gasteiger partial charge is 0.261 e. The molecule has 0 unspecified atom stereocenters. The van der Waals surface area contributed by atoms with Crippen molar-refractivity contribution in [2.45, 2.75) is 64.1 Å². The second-order valence-corrected chi connectivity index (χ2v) is 15.9. The summed E-state index contributed by atoms with van der Waals surface area (Å²) in [7, 11) is -2.73. The molecule has 1 aliphatic heterocycles. The third-order valence-electron chi connectivity index (χ3n) is 7.96. The summed E-state index contributed by atoms with van der Waals surface area (Å²) in [4.78, 5) is 0. The fourth-order valence-corrected chi connectivity index (χ4v) is 10.1. The Morgan fingerprint density at radius 3 is 1.89 bits per heavy atom. The Morgan fingerprint density at radius 2 is 1.39 bits per heavy atom. The van der Waals surface area contributed by atoms with Gasteiger partial charge in [-0.3, -0.25) is 0 Å². The predicted octanol–water partition coefficient (Wildman–Crippen LogP) is 4.30. The van der Waals surface area contributed by atoms with E-state index in [1.54, 1.807) is 0 Å². The highest BCUT2D eigenvalue weighted by Crippen LogP contribution is 2.40. The summed E-state index contributed by atoms with van der Waals surface area (Å²) in [6.45, 7) is 9.50. The summed E-state index contributed by atoms with van der Waals surface area (Å²) in [5.74, 6) is 0. The molecule has 1 fully saturated rings. The van der Waals surface area contributed by atoms with Gasteiger partial charge in [-0.2, -0.15) is 0 Å². The molecule has 1 heterocycles. The lowest BCUT2D eigenvalue weighted by Crippen LogP contribution is -2.67. The van der Waals surface area contributed by atoms with Crippen molar-refractivity contribution in [1.82, 2.24) is 0 Å². The van der Waals surface area contributed by atoms with Gasteiger partial charge in [-0.1, -0.05) is 119 Å². The molecule has 6 heteroatoms. The maximum Gasteiger partial charge on any atom is 0.261 e. The molecule has 204 valence electrons. The van der Waals surface area contributed by atoms with E-state index in [1.807, 2.05) is 49.4 Å². The van der Waals surface area contributed by atoms with Crippen LogP contribution in [0.15, 0.2) is 91.0 Å². The maximum atomic E-state index is 11.2. The van der Waals surface area contributed by atoms with Crippen LogP contribution < -0.4 is 10.4 Å². The standard InChI is InChI=1S/C32H42O5Si/c1-31(2,3)38(27-16-10-6-11-17-27,28-18-12-7-13-19-28)36-22-26-20-29(34)32(4,24-33)30(37-26)23-35-21-25-14-8-5-9-15-25/h5-19,26,29-30,33-34H,20-24H2,1-4H3/t26-,29-,30-,32-/m1/s1. The fraction of sp³-hybridized carbons (Fsp3) is 0.438. The van der Waals surface area contributed by atoms with Gasteiger partial charge in [0, 0.05) is 11.8 Å². The van der Waals surface area contributed by atoms with Crippen LogP contribution in [0.25, 0.3) is 0 Å². The summed E-state index contributed by atoms with van der Waals surface area (Å²) in [6, 6.07) is 31.0. The number of ether oxygens (including phenoxy) is 2. The van der Waals surface area contributed by atoms with Gasteiger partial charge < -0.3 is 24.1 Å². The highest BCUT2D eigenvalue weighted by Gasteiger charge is 2.52. The highest BCUT2D eigenvalue weighted by atomic mass is 28.4. The number of aliphatic hydroxyl groups is 2. The van der Waals surface area contributed by atoms with Crippen LogP contribution in [0.5, 0.6) is 0 Å². The molecular weight excluding hydrogens is 492 g/mol. The topological polar surface area (TPSA) is 68.2 Å². The Labute approximate surface area is 228 Å². The van der Waals surface area contributed by atoms with Crippen LogP contribution in [0.2, 0.25) is 5.04 Å². The van der Waals surface area contributed by atoms with Gasteiger partial charge in [0.1, 0.15) is 0 Å².